The number of anilines is 2. The Kier molecular flexibility index (Phi) is 4.60. The van der Waals surface area contributed by atoms with E-state index in [1.165, 1.54) is 11.3 Å². The molecule has 23 heavy (non-hydrogen) atoms. The summed E-state index contributed by atoms with van der Waals surface area (Å²) in [6.07, 6.45) is 3.59. The van der Waals surface area contributed by atoms with Crippen LogP contribution in [0.15, 0.2) is 24.3 Å². The number of carbonyl (C=O) groups is 3. The fourth-order valence-corrected chi connectivity index (χ4v) is 3.11. The van der Waals surface area contributed by atoms with Crippen molar-refractivity contribution in [2.24, 2.45) is 0 Å². The highest BCUT2D eigenvalue weighted by molar-refractivity contribution is 6.10. The van der Waals surface area contributed by atoms with Gasteiger partial charge in [0.05, 0.1) is 11.4 Å². The van der Waals surface area contributed by atoms with Crippen molar-refractivity contribution >= 4 is 29.1 Å². The zero-order valence-corrected chi connectivity index (χ0v) is 13.1. The van der Waals surface area contributed by atoms with E-state index in [1.807, 2.05) is 17.0 Å². The summed E-state index contributed by atoms with van der Waals surface area (Å²) in [4.78, 5) is 39.7. The van der Waals surface area contributed by atoms with Gasteiger partial charge in [-0.3, -0.25) is 14.4 Å². The Morgan fingerprint density at radius 3 is 2.48 bits per heavy atom. The van der Waals surface area contributed by atoms with E-state index in [9.17, 15) is 14.4 Å². The van der Waals surface area contributed by atoms with E-state index in [0.717, 1.165) is 25.9 Å². The molecule has 1 fully saturated rings. The Balaban J connectivity index is 1.62. The van der Waals surface area contributed by atoms with Gasteiger partial charge in [-0.15, -0.1) is 0 Å². The molecule has 3 amide bonds. The van der Waals surface area contributed by atoms with E-state index >= 15 is 0 Å². The summed E-state index contributed by atoms with van der Waals surface area (Å²) in [7, 11) is 0. The van der Waals surface area contributed by atoms with Crippen LogP contribution in [0.25, 0.3) is 0 Å². The number of rotatable bonds is 3. The van der Waals surface area contributed by atoms with Gasteiger partial charge in [0.1, 0.15) is 6.54 Å². The van der Waals surface area contributed by atoms with Crippen molar-refractivity contribution in [1.82, 2.24) is 4.90 Å². The second-order valence-corrected chi connectivity index (χ2v) is 5.99. The molecule has 2 aliphatic heterocycles. The average molecular weight is 315 g/mol. The molecule has 1 aromatic rings. The minimum Gasteiger partial charge on any atom is -0.343 e. The molecule has 1 N–H and O–H groups in total. The van der Waals surface area contributed by atoms with Gasteiger partial charge in [0.15, 0.2) is 0 Å². The number of fused-ring (bicyclic) bond motifs is 1. The molecule has 0 unspecified atom stereocenters. The highest BCUT2D eigenvalue weighted by Crippen LogP contribution is 2.29. The minimum absolute atomic E-state index is 0.00769. The highest BCUT2D eigenvalue weighted by Gasteiger charge is 2.27. The van der Waals surface area contributed by atoms with Crippen molar-refractivity contribution in [2.75, 3.05) is 29.9 Å². The number of likely N-dealkylation sites (tertiary alicyclic amines) is 1. The third kappa shape index (κ3) is 3.52. The van der Waals surface area contributed by atoms with E-state index in [4.69, 9.17) is 0 Å². The van der Waals surface area contributed by atoms with Crippen molar-refractivity contribution in [1.29, 1.82) is 0 Å². The standard InChI is InChI=1S/C17H21N3O3/c21-15-12-20(14-7-3-2-6-13(14)18-15)17(23)9-8-16(22)19-10-4-1-5-11-19/h2-3,6-7H,1,4-5,8-12H2,(H,18,21). The third-order valence-corrected chi connectivity index (χ3v) is 4.33. The first-order valence-electron chi connectivity index (χ1n) is 8.12. The normalized spacial score (nSPS) is 17.5. The van der Waals surface area contributed by atoms with E-state index in [2.05, 4.69) is 5.32 Å². The van der Waals surface area contributed by atoms with Gasteiger partial charge in [0, 0.05) is 25.9 Å². The fourth-order valence-electron chi connectivity index (χ4n) is 3.11. The van der Waals surface area contributed by atoms with Crippen LogP contribution < -0.4 is 10.2 Å². The molecule has 0 saturated carbocycles. The van der Waals surface area contributed by atoms with E-state index in [0.29, 0.717) is 11.4 Å². The minimum atomic E-state index is -0.209. The van der Waals surface area contributed by atoms with Crippen molar-refractivity contribution in [3.8, 4) is 0 Å². The lowest BCUT2D eigenvalue weighted by molar-refractivity contribution is -0.134. The zero-order chi connectivity index (χ0) is 16.2. The Bertz CT molecular complexity index is 623. The first kappa shape index (κ1) is 15.5. The van der Waals surface area contributed by atoms with Gasteiger partial charge in [0.25, 0.3) is 0 Å². The van der Waals surface area contributed by atoms with Crippen LogP contribution in [0.4, 0.5) is 11.4 Å². The molecule has 0 spiro atoms. The lowest BCUT2D eigenvalue weighted by atomic mass is 10.1. The smallest absolute Gasteiger partial charge is 0.244 e. The Morgan fingerprint density at radius 1 is 1.00 bits per heavy atom. The average Bonchev–Trinajstić information content (AvgIpc) is 2.59. The van der Waals surface area contributed by atoms with Gasteiger partial charge < -0.3 is 15.1 Å². The molecule has 6 nitrogen and oxygen atoms in total. The fraction of sp³-hybridized carbons (Fsp3) is 0.471. The quantitative estimate of drug-likeness (QED) is 0.924. The number of benzene rings is 1. The van der Waals surface area contributed by atoms with Gasteiger partial charge in [-0.2, -0.15) is 0 Å². The van der Waals surface area contributed by atoms with Crippen molar-refractivity contribution in [2.45, 2.75) is 32.1 Å². The van der Waals surface area contributed by atoms with Gasteiger partial charge in [0.2, 0.25) is 17.7 Å². The van der Waals surface area contributed by atoms with Crippen LogP contribution >= 0.6 is 0 Å². The summed E-state index contributed by atoms with van der Waals surface area (Å²) in [5.74, 6) is -0.357. The number of hydrogen-bond acceptors (Lipinski definition) is 3. The SMILES string of the molecule is O=C1CN(C(=O)CCC(=O)N2CCCCC2)c2ccccc2N1. The lowest BCUT2D eigenvalue weighted by Crippen LogP contribution is -2.43. The summed E-state index contributed by atoms with van der Waals surface area (Å²) in [6.45, 7) is 1.59. The Hall–Kier alpha value is -2.37. The van der Waals surface area contributed by atoms with Gasteiger partial charge >= 0.3 is 0 Å². The van der Waals surface area contributed by atoms with E-state index in [-0.39, 0.29) is 37.1 Å². The number of para-hydroxylation sites is 2. The van der Waals surface area contributed by atoms with Crippen LogP contribution in [-0.4, -0.2) is 42.3 Å². The van der Waals surface area contributed by atoms with Crippen LogP contribution in [0.3, 0.4) is 0 Å². The van der Waals surface area contributed by atoms with Gasteiger partial charge in [-0.05, 0) is 31.4 Å². The number of carbonyl (C=O) groups excluding carboxylic acids is 3. The van der Waals surface area contributed by atoms with Crippen molar-refractivity contribution < 1.29 is 14.4 Å². The Morgan fingerprint density at radius 2 is 1.70 bits per heavy atom. The maximum atomic E-state index is 12.5. The van der Waals surface area contributed by atoms with E-state index in [1.54, 1.807) is 12.1 Å². The second kappa shape index (κ2) is 6.81. The summed E-state index contributed by atoms with van der Waals surface area (Å²) in [5, 5.41) is 2.75. The molecule has 0 aliphatic carbocycles. The Labute approximate surface area is 135 Å². The molecule has 0 radical (unpaired) electrons. The molecule has 2 aliphatic rings. The van der Waals surface area contributed by atoms with Gasteiger partial charge in [-0.25, -0.2) is 0 Å². The number of hydrogen-bond donors (Lipinski definition) is 1. The number of amides is 3. The molecule has 0 bridgehead atoms. The van der Waals surface area contributed by atoms with Crippen molar-refractivity contribution in [3.05, 3.63) is 24.3 Å². The molecule has 3 rings (SSSR count). The molecule has 0 aromatic heterocycles. The summed E-state index contributed by atoms with van der Waals surface area (Å²) < 4.78 is 0. The lowest BCUT2D eigenvalue weighted by Gasteiger charge is -2.30. The molecular weight excluding hydrogens is 294 g/mol. The zero-order valence-electron chi connectivity index (χ0n) is 13.1. The topological polar surface area (TPSA) is 69.7 Å². The third-order valence-electron chi connectivity index (χ3n) is 4.33. The predicted octanol–water partition coefficient (Wildman–Crippen LogP) is 1.76. The van der Waals surface area contributed by atoms with Crippen LogP contribution in [0.1, 0.15) is 32.1 Å². The maximum absolute atomic E-state index is 12.5. The molecule has 2 heterocycles. The predicted molar refractivity (Wildman–Crippen MR) is 87.1 cm³/mol. The summed E-state index contributed by atoms with van der Waals surface area (Å²) >= 11 is 0. The molecular formula is C17H21N3O3. The maximum Gasteiger partial charge on any atom is 0.244 e. The van der Waals surface area contributed by atoms with E-state index < -0.39 is 0 Å². The second-order valence-electron chi connectivity index (χ2n) is 5.99. The first-order valence-corrected chi connectivity index (χ1v) is 8.12. The number of nitrogens with one attached hydrogen (secondary N) is 1. The van der Waals surface area contributed by atoms with Crippen LogP contribution in [0, 0.1) is 0 Å². The molecule has 1 saturated heterocycles. The van der Waals surface area contributed by atoms with Crippen molar-refractivity contribution in [3.63, 3.8) is 0 Å². The summed E-state index contributed by atoms with van der Waals surface area (Å²) in [5.41, 5.74) is 1.34. The number of piperidine rings is 1. The largest absolute Gasteiger partial charge is 0.343 e. The first-order chi connectivity index (χ1) is 11.1. The molecule has 0 atom stereocenters. The van der Waals surface area contributed by atoms with Crippen LogP contribution in [0.2, 0.25) is 0 Å². The van der Waals surface area contributed by atoms with Crippen LogP contribution in [-0.2, 0) is 14.4 Å². The summed E-state index contributed by atoms with van der Waals surface area (Å²) in [6, 6.07) is 7.22. The van der Waals surface area contributed by atoms with Crippen LogP contribution in [0.5, 0.6) is 0 Å². The molecule has 1 aromatic carbocycles. The van der Waals surface area contributed by atoms with Gasteiger partial charge in [-0.1, -0.05) is 12.1 Å². The number of nitrogens with zero attached hydrogens (tertiary/aromatic N) is 2. The monoisotopic (exact) mass is 315 g/mol. The molecule has 6 heteroatoms. The highest BCUT2D eigenvalue weighted by atomic mass is 16.2. The molecule has 122 valence electrons.